The Kier molecular flexibility index (Phi) is 8.89. The molecule has 1 fully saturated rings. The summed E-state index contributed by atoms with van der Waals surface area (Å²) < 4.78 is 83.0. The van der Waals surface area contributed by atoms with Crippen molar-refractivity contribution in [1.29, 1.82) is 0 Å². The molecule has 3 rings (SSSR count). The number of amides is 2. The minimum Gasteiger partial charge on any atom is -0.444 e. The van der Waals surface area contributed by atoms with Gasteiger partial charge in [0.2, 0.25) is 0 Å². The number of allylic oxidation sites excluding steroid dienone is 1. The monoisotopic (exact) mass is 561 g/mol. The summed E-state index contributed by atoms with van der Waals surface area (Å²) in [6, 6.07) is 3.93. The van der Waals surface area contributed by atoms with Crippen LogP contribution in [0.15, 0.2) is 34.8 Å². The summed E-state index contributed by atoms with van der Waals surface area (Å²) in [5.74, 6) is -1.45. The molecule has 0 aromatic heterocycles. The van der Waals surface area contributed by atoms with E-state index in [1.165, 1.54) is 17.0 Å². The predicted molar refractivity (Wildman–Crippen MR) is 134 cm³/mol. The summed E-state index contributed by atoms with van der Waals surface area (Å²) in [4.78, 5) is 30.3. The lowest BCUT2D eigenvalue weighted by Gasteiger charge is -2.28. The highest BCUT2D eigenvalue weighted by Crippen LogP contribution is 2.28. The van der Waals surface area contributed by atoms with Crippen molar-refractivity contribution in [3.8, 4) is 0 Å². The van der Waals surface area contributed by atoms with Gasteiger partial charge < -0.3 is 9.64 Å². The third-order valence-corrected chi connectivity index (χ3v) is 7.88. The van der Waals surface area contributed by atoms with Crippen molar-refractivity contribution in [2.75, 3.05) is 29.9 Å². The Labute approximate surface area is 219 Å². The van der Waals surface area contributed by atoms with Crippen LogP contribution in [0.4, 0.5) is 28.0 Å². The predicted octanol–water partition coefficient (Wildman–Crippen LogP) is 4.66. The first kappa shape index (κ1) is 29.6. The van der Waals surface area contributed by atoms with Gasteiger partial charge in [0.1, 0.15) is 27.0 Å². The van der Waals surface area contributed by atoms with E-state index in [4.69, 9.17) is 4.74 Å². The molecule has 0 bridgehead atoms. The van der Waals surface area contributed by atoms with Gasteiger partial charge in [0.05, 0.1) is 30.3 Å². The van der Waals surface area contributed by atoms with Crippen LogP contribution < -0.4 is 5.32 Å². The molecule has 13 heteroatoms. The molecule has 1 aromatic rings. The molecule has 8 nitrogen and oxygen atoms in total. The molecule has 2 heterocycles. The van der Waals surface area contributed by atoms with Crippen LogP contribution in [0, 0.1) is 11.7 Å². The Balaban J connectivity index is 1.84. The summed E-state index contributed by atoms with van der Waals surface area (Å²) in [7, 11) is -3.10. The molecule has 0 unspecified atom stereocenters. The maximum absolute atomic E-state index is 15.0. The zero-order valence-electron chi connectivity index (χ0n) is 21.4. The zero-order valence-corrected chi connectivity index (χ0v) is 22.2. The third kappa shape index (κ3) is 8.27. The van der Waals surface area contributed by atoms with E-state index in [2.05, 4.69) is 10.3 Å². The average Bonchev–Trinajstić information content (AvgIpc) is 3.28. The Morgan fingerprint density at radius 3 is 2.39 bits per heavy atom. The van der Waals surface area contributed by atoms with Crippen molar-refractivity contribution in [2.24, 2.45) is 10.9 Å². The normalized spacial score (nSPS) is 18.0. The molecule has 2 aliphatic rings. The topological polar surface area (TPSA) is 105 Å². The van der Waals surface area contributed by atoms with Crippen LogP contribution in [-0.2, 0) is 25.9 Å². The number of nitrogens with one attached hydrogen (secondary N) is 1. The molecule has 2 amide bonds. The highest BCUT2D eigenvalue weighted by Gasteiger charge is 2.38. The fraction of sp³-hybridized carbons (Fsp3) is 0.560. The van der Waals surface area contributed by atoms with E-state index in [0.29, 0.717) is 25.3 Å². The smallest absolute Gasteiger partial charge is 0.432 e. The van der Waals surface area contributed by atoms with Crippen molar-refractivity contribution < 1.29 is 40.3 Å². The molecule has 0 saturated carbocycles. The van der Waals surface area contributed by atoms with Gasteiger partial charge in [0, 0.05) is 17.7 Å². The molecule has 1 N–H and O–H groups in total. The lowest BCUT2D eigenvalue weighted by molar-refractivity contribution is -0.128. The third-order valence-electron chi connectivity index (χ3n) is 6.17. The van der Waals surface area contributed by atoms with Gasteiger partial charge in [-0.05, 0) is 64.2 Å². The van der Waals surface area contributed by atoms with Gasteiger partial charge in [-0.3, -0.25) is 15.1 Å². The van der Waals surface area contributed by atoms with Crippen LogP contribution in [0.3, 0.4) is 0 Å². The van der Waals surface area contributed by atoms with E-state index in [9.17, 15) is 35.6 Å². The second-order valence-corrected chi connectivity index (χ2v) is 12.7. The summed E-state index contributed by atoms with van der Waals surface area (Å²) in [6.07, 6.45) is -3.68. The first-order chi connectivity index (χ1) is 17.5. The number of hydrogen-bond donors (Lipinski definition) is 1. The Hall–Kier alpha value is -2.96. The molecule has 210 valence electrons. The van der Waals surface area contributed by atoms with E-state index < -0.39 is 51.7 Å². The molecule has 0 atom stereocenters. The highest BCUT2D eigenvalue weighted by atomic mass is 32.2. The average molecular weight is 562 g/mol. The molecule has 1 aromatic carbocycles. The molecule has 0 aliphatic carbocycles. The number of rotatable bonds is 7. The SMILES string of the molecule is CC(C)(C)OC(=O)Nc1cccc(F)c1CN(CCC1CCS(=O)(=O)CC1)C(=O)C1=CC(C(F)(F)F)=NC1. The zero-order chi connectivity index (χ0) is 28.3. The van der Waals surface area contributed by atoms with Crippen LogP contribution >= 0.6 is 0 Å². The molecular weight excluding hydrogens is 530 g/mol. The first-order valence-corrected chi connectivity index (χ1v) is 14.0. The summed E-state index contributed by atoms with van der Waals surface area (Å²) in [5, 5.41) is 2.47. The number of carbonyl (C=O) groups excluding carboxylic acids is 2. The van der Waals surface area contributed by atoms with Crippen molar-refractivity contribution in [3.05, 3.63) is 41.2 Å². The maximum Gasteiger partial charge on any atom is 0.432 e. The molecule has 1 saturated heterocycles. The van der Waals surface area contributed by atoms with Gasteiger partial charge in [-0.15, -0.1) is 0 Å². The number of benzene rings is 1. The van der Waals surface area contributed by atoms with Crippen LogP contribution in [0.5, 0.6) is 0 Å². The quantitative estimate of drug-likeness (QED) is 0.488. The maximum atomic E-state index is 15.0. The van der Waals surface area contributed by atoms with Gasteiger partial charge in [-0.1, -0.05) is 6.07 Å². The Morgan fingerprint density at radius 1 is 1.16 bits per heavy atom. The van der Waals surface area contributed by atoms with Crippen molar-refractivity contribution >= 4 is 33.2 Å². The highest BCUT2D eigenvalue weighted by molar-refractivity contribution is 7.91. The lowest BCUT2D eigenvalue weighted by Crippen LogP contribution is -2.36. The Bertz CT molecular complexity index is 1220. The van der Waals surface area contributed by atoms with Crippen LogP contribution in [0.2, 0.25) is 0 Å². The number of anilines is 1. The molecule has 0 radical (unpaired) electrons. The molecule has 38 heavy (non-hydrogen) atoms. The van der Waals surface area contributed by atoms with E-state index in [0.717, 1.165) is 6.07 Å². The summed E-state index contributed by atoms with van der Waals surface area (Å²) in [6.45, 7) is 4.20. The van der Waals surface area contributed by atoms with Crippen LogP contribution in [-0.4, -0.2) is 67.4 Å². The van der Waals surface area contributed by atoms with Crippen molar-refractivity contribution in [1.82, 2.24) is 4.90 Å². The molecule has 0 spiro atoms. The largest absolute Gasteiger partial charge is 0.444 e. The van der Waals surface area contributed by atoms with Crippen LogP contribution in [0.1, 0.15) is 45.6 Å². The minimum absolute atomic E-state index is 0.0200. The van der Waals surface area contributed by atoms with Gasteiger partial charge in [-0.25, -0.2) is 17.6 Å². The Morgan fingerprint density at radius 2 is 1.82 bits per heavy atom. The number of ether oxygens (including phenoxy) is 1. The van der Waals surface area contributed by atoms with Gasteiger partial charge in [-0.2, -0.15) is 13.2 Å². The molecule has 2 aliphatic heterocycles. The van der Waals surface area contributed by atoms with E-state index in [1.807, 2.05) is 0 Å². The van der Waals surface area contributed by atoms with Crippen LogP contribution in [0.25, 0.3) is 0 Å². The van der Waals surface area contributed by atoms with Gasteiger partial charge in [0.15, 0.2) is 0 Å². The molecular formula is C25H31F4N3O5S. The fourth-order valence-corrected chi connectivity index (χ4v) is 5.78. The van der Waals surface area contributed by atoms with Gasteiger partial charge >= 0.3 is 12.3 Å². The van der Waals surface area contributed by atoms with E-state index >= 15 is 0 Å². The van der Waals surface area contributed by atoms with E-state index in [-0.39, 0.29) is 47.3 Å². The number of alkyl halides is 3. The van der Waals surface area contributed by atoms with Crippen molar-refractivity contribution in [2.45, 2.75) is 58.4 Å². The summed E-state index contributed by atoms with van der Waals surface area (Å²) >= 11 is 0. The number of nitrogens with zero attached hydrogens (tertiary/aromatic N) is 2. The summed E-state index contributed by atoms with van der Waals surface area (Å²) in [5.41, 5.74) is -2.18. The van der Waals surface area contributed by atoms with Crippen molar-refractivity contribution in [3.63, 3.8) is 0 Å². The number of sulfone groups is 1. The number of hydrogen-bond acceptors (Lipinski definition) is 6. The second-order valence-electron chi connectivity index (χ2n) is 10.4. The van der Waals surface area contributed by atoms with E-state index in [1.54, 1.807) is 20.8 Å². The second kappa shape index (κ2) is 11.4. The fourth-order valence-electron chi connectivity index (χ4n) is 4.19. The minimum atomic E-state index is -4.71. The lowest BCUT2D eigenvalue weighted by atomic mass is 9.98. The first-order valence-electron chi connectivity index (χ1n) is 12.1. The van der Waals surface area contributed by atoms with Gasteiger partial charge in [0.25, 0.3) is 5.91 Å². The standard InChI is InChI=1S/C25H31F4N3O5S/c1-24(2,3)37-23(34)31-20-6-4-5-19(26)18(20)15-32(10-7-16-8-11-38(35,36)12-9-16)22(33)17-13-21(30-14-17)25(27,28)29/h4-6,13,16H,7-12,14-15H2,1-3H3,(H,31,34). The number of aliphatic imine (C=N–C) groups is 1. The number of carbonyl (C=O) groups is 2. The number of halogens is 4.